The SMILES string of the molecule is CNCCC1CCN(Cc2cc(-c3ccccc3)no2)CC1.Cl. The largest absolute Gasteiger partial charge is 0.359 e. The summed E-state index contributed by atoms with van der Waals surface area (Å²) in [5.74, 6) is 1.84. The minimum atomic E-state index is 0. The lowest BCUT2D eigenvalue weighted by atomic mass is 9.93. The Morgan fingerprint density at radius 3 is 2.65 bits per heavy atom. The first kappa shape index (κ1) is 18.0. The first-order valence-electron chi connectivity index (χ1n) is 8.23. The summed E-state index contributed by atoms with van der Waals surface area (Å²) in [4.78, 5) is 2.48. The molecule has 0 saturated carbocycles. The summed E-state index contributed by atoms with van der Waals surface area (Å²) in [6.07, 6.45) is 3.88. The molecule has 1 saturated heterocycles. The summed E-state index contributed by atoms with van der Waals surface area (Å²) in [5, 5.41) is 7.44. The molecule has 5 heteroatoms. The maximum Gasteiger partial charge on any atom is 0.151 e. The van der Waals surface area contributed by atoms with Crippen LogP contribution in [0.2, 0.25) is 0 Å². The summed E-state index contributed by atoms with van der Waals surface area (Å²) >= 11 is 0. The van der Waals surface area contributed by atoms with E-state index in [1.54, 1.807) is 0 Å². The van der Waals surface area contributed by atoms with Crippen LogP contribution < -0.4 is 5.32 Å². The molecule has 0 radical (unpaired) electrons. The van der Waals surface area contributed by atoms with Crippen LogP contribution >= 0.6 is 12.4 Å². The van der Waals surface area contributed by atoms with Crippen molar-refractivity contribution in [2.24, 2.45) is 5.92 Å². The molecule has 0 amide bonds. The monoisotopic (exact) mass is 335 g/mol. The Morgan fingerprint density at radius 1 is 1.22 bits per heavy atom. The van der Waals surface area contributed by atoms with E-state index in [1.807, 2.05) is 25.2 Å². The number of halogens is 1. The van der Waals surface area contributed by atoms with Gasteiger partial charge in [0.05, 0.1) is 6.54 Å². The third-order valence-electron chi connectivity index (χ3n) is 4.52. The Kier molecular flexibility index (Phi) is 7.09. The molecule has 0 bridgehead atoms. The van der Waals surface area contributed by atoms with Gasteiger partial charge >= 0.3 is 0 Å². The van der Waals surface area contributed by atoms with Crippen LogP contribution in [0.1, 0.15) is 25.0 Å². The lowest BCUT2D eigenvalue weighted by Gasteiger charge is -2.31. The maximum absolute atomic E-state index is 5.51. The van der Waals surface area contributed by atoms with Gasteiger partial charge in [-0.1, -0.05) is 35.5 Å². The Morgan fingerprint density at radius 2 is 1.96 bits per heavy atom. The number of benzene rings is 1. The summed E-state index contributed by atoms with van der Waals surface area (Å²) in [5.41, 5.74) is 2.04. The average molecular weight is 336 g/mol. The highest BCUT2D eigenvalue weighted by Crippen LogP contribution is 2.23. The Labute approximate surface area is 144 Å². The zero-order valence-corrected chi connectivity index (χ0v) is 14.5. The molecule has 1 aromatic heterocycles. The van der Waals surface area contributed by atoms with Gasteiger partial charge in [-0.2, -0.15) is 0 Å². The molecule has 1 aliphatic heterocycles. The van der Waals surface area contributed by atoms with Crippen molar-refractivity contribution in [3.05, 3.63) is 42.2 Å². The maximum atomic E-state index is 5.51. The number of nitrogens with one attached hydrogen (secondary N) is 1. The van der Waals surface area contributed by atoms with Gasteiger partial charge in [0.2, 0.25) is 0 Å². The molecular weight excluding hydrogens is 310 g/mol. The van der Waals surface area contributed by atoms with E-state index in [4.69, 9.17) is 4.52 Å². The third kappa shape index (κ3) is 5.06. The van der Waals surface area contributed by atoms with E-state index in [1.165, 1.54) is 19.3 Å². The van der Waals surface area contributed by atoms with Gasteiger partial charge in [0.15, 0.2) is 5.76 Å². The van der Waals surface area contributed by atoms with Crippen molar-refractivity contribution in [2.45, 2.75) is 25.8 Å². The van der Waals surface area contributed by atoms with E-state index in [0.717, 1.165) is 49.1 Å². The molecule has 0 spiro atoms. The third-order valence-corrected chi connectivity index (χ3v) is 4.52. The lowest BCUT2D eigenvalue weighted by Crippen LogP contribution is -2.33. The van der Waals surface area contributed by atoms with Crippen molar-refractivity contribution in [3.63, 3.8) is 0 Å². The van der Waals surface area contributed by atoms with Gasteiger partial charge in [-0.3, -0.25) is 4.90 Å². The topological polar surface area (TPSA) is 41.3 Å². The second-order valence-corrected chi connectivity index (χ2v) is 6.16. The van der Waals surface area contributed by atoms with Crippen LogP contribution in [0.25, 0.3) is 11.3 Å². The zero-order chi connectivity index (χ0) is 15.2. The molecule has 1 aromatic carbocycles. The van der Waals surface area contributed by atoms with Crippen LogP contribution in [0.3, 0.4) is 0 Å². The number of hydrogen-bond donors (Lipinski definition) is 1. The zero-order valence-electron chi connectivity index (χ0n) is 13.7. The summed E-state index contributed by atoms with van der Waals surface area (Å²) < 4.78 is 5.51. The van der Waals surface area contributed by atoms with Gasteiger partial charge in [0.25, 0.3) is 0 Å². The van der Waals surface area contributed by atoms with Crippen molar-refractivity contribution in [1.29, 1.82) is 0 Å². The van der Waals surface area contributed by atoms with E-state index in [0.29, 0.717) is 0 Å². The van der Waals surface area contributed by atoms with Gasteiger partial charge < -0.3 is 9.84 Å². The average Bonchev–Trinajstić information content (AvgIpc) is 3.04. The summed E-state index contributed by atoms with van der Waals surface area (Å²) in [7, 11) is 2.03. The van der Waals surface area contributed by atoms with Crippen LogP contribution in [0.5, 0.6) is 0 Å². The Bertz CT molecular complexity index is 565. The number of aromatic nitrogens is 1. The molecule has 4 nitrogen and oxygen atoms in total. The number of rotatable bonds is 6. The Hall–Kier alpha value is -1.36. The molecule has 0 aliphatic carbocycles. The van der Waals surface area contributed by atoms with E-state index in [2.05, 4.69) is 33.6 Å². The van der Waals surface area contributed by atoms with Crippen molar-refractivity contribution in [3.8, 4) is 11.3 Å². The molecule has 1 aliphatic rings. The molecule has 0 unspecified atom stereocenters. The fourth-order valence-electron chi connectivity index (χ4n) is 3.13. The Balaban J connectivity index is 0.00000192. The van der Waals surface area contributed by atoms with E-state index < -0.39 is 0 Å². The normalized spacial score (nSPS) is 16.2. The van der Waals surface area contributed by atoms with E-state index >= 15 is 0 Å². The van der Waals surface area contributed by atoms with Crippen LogP contribution in [-0.2, 0) is 6.54 Å². The van der Waals surface area contributed by atoms with Gasteiger partial charge in [-0.15, -0.1) is 12.4 Å². The quantitative estimate of drug-likeness (QED) is 0.876. The molecular formula is C18H26ClN3O. The number of nitrogens with zero attached hydrogens (tertiary/aromatic N) is 2. The first-order chi connectivity index (χ1) is 10.8. The van der Waals surface area contributed by atoms with Crippen LogP contribution in [-0.4, -0.2) is 36.7 Å². The minimum absolute atomic E-state index is 0. The molecule has 1 fully saturated rings. The highest BCUT2D eigenvalue weighted by Gasteiger charge is 2.20. The predicted molar refractivity (Wildman–Crippen MR) is 95.7 cm³/mol. The molecule has 3 rings (SSSR count). The van der Waals surface area contributed by atoms with Crippen molar-refractivity contribution < 1.29 is 4.52 Å². The second-order valence-electron chi connectivity index (χ2n) is 6.16. The number of piperidine rings is 1. The van der Waals surface area contributed by atoms with Crippen LogP contribution in [0.15, 0.2) is 40.9 Å². The summed E-state index contributed by atoms with van der Waals surface area (Å²) in [6, 6.07) is 12.3. The predicted octanol–water partition coefficient (Wildman–Crippen LogP) is 3.58. The van der Waals surface area contributed by atoms with Gasteiger partial charge in [-0.05, 0) is 51.9 Å². The van der Waals surface area contributed by atoms with Crippen LogP contribution in [0, 0.1) is 5.92 Å². The van der Waals surface area contributed by atoms with Crippen LogP contribution in [0.4, 0.5) is 0 Å². The fraction of sp³-hybridized carbons (Fsp3) is 0.500. The van der Waals surface area contributed by atoms with E-state index in [-0.39, 0.29) is 12.4 Å². The van der Waals surface area contributed by atoms with Gasteiger partial charge in [-0.25, -0.2) is 0 Å². The highest BCUT2D eigenvalue weighted by molar-refractivity contribution is 5.85. The first-order valence-corrected chi connectivity index (χ1v) is 8.23. The molecule has 2 aromatic rings. The fourth-order valence-corrected chi connectivity index (χ4v) is 3.13. The minimum Gasteiger partial charge on any atom is -0.359 e. The van der Waals surface area contributed by atoms with E-state index in [9.17, 15) is 0 Å². The second kappa shape index (κ2) is 9.06. The van der Waals surface area contributed by atoms with Gasteiger partial charge in [0.1, 0.15) is 5.69 Å². The molecule has 126 valence electrons. The summed E-state index contributed by atoms with van der Waals surface area (Å²) in [6.45, 7) is 4.33. The van der Waals surface area contributed by atoms with Crippen molar-refractivity contribution in [1.82, 2.24) is 15.4 Å². The molecule has 2 heterocycles. The smallest absolute Gasteiger partial charge is 0.151 e. The molecule has 1 N–H and O–H groups in total. The number of likely N-dealkylation sites (tertiary alicyclic amines) is 1. The standard InChI is InChI=1S/C18H25N3O.ClH/c1-19-10-7-15-8-11-21(12-9-15)14-17-13-18(20-22-17)16-5-3-2-4-6-16;/h2-6,13,15,19H,7-12,14H2,1H3;1H. The number of hydrogen-bond acceptors (Lipinski definition) is 4. The lowest BCUT2D eigenvalue weighted by molar-refractivity contribution is 0.158. The van der Waals surface area contributed by atoms with Gasteiger partial charge in [0, 0.05) is 11.6 Å². The van der Waals surface area contributed by atoms with Crippen molar-refractivity contribution in [2.75, 3.05) is 26.7 Å². The highest BCUT2D eigenvalue weighted by atomic mass is 35.5. The molecule has 23 heavy (non-hydrogen) atoms. The van der Waals surface area contributed by atoms with Crippen molar-refractivity contribution >= 4 is 12.4 Å². The molecule has 0 atom stereocenters.